The van der Waals surface area contributed by atoms with Crippen LogP contribution in [0.3, 0.4) is 0 Å². The molecule has 0 spiro atoms. The predicted octanol–water partition coefficient (Wildman–Crippen LogP) is 4.42. The summed E-state index contributed by atoms with van der Waals surface area (Å²) in [6.45, 7) is 0. The fraction of sp³-hybridized carbons (Fsp3) is 0.105. The van der Waals surface area contributed by atoms with Gasteiger partial charge in [0.15, 0.2) is 0 Å². The molecule has 0 saturated carbocycles. The van der Waals surface area contributed by atoms with Gasteiger partial charge in [0.05, 0.1) is 7.11 Å². The maximum Gasteiger partial charge on any atom is 0.342 e. The second kappa shape index (κ2) is 6.67. The molecular weight excluding hydrogens is 308 g/mol. The van der Waals surface area contributed by atoms with Crippen molar-refractivity contribution in [3.05, 3.63) is 87.6 Å². The van der Waals surface area contributed by atoms with Crippen LogP contribution in [0.4, 0.5) is 0 Å². The first-order chi connectivity index (χ1) is 11.2. The summed E-state index contributed by atoms with van der Waals surface area (Å²) in [6.07, 6.45) is 0. The number of hydrogen-bond acceptors (Lipinski definition) is 4. The van der Waals surface area contributed by atoms with Gasteiger partial charge in [0.2, 0.25) is 0 Å². The minimum Gasteiger partial charge on any atom is -0.506 e. The molecule has 3 nitrogen and oxygen atoms in total. The summed E-state index contributed by atoms with van der Waals surface area (Å²) in [5.74, 6) is -0.679. The first kappa shape index (κ1) is 15.3. The number of esters is 1. The smallest absolute Gasteiger partial charge is 0.342 e. The highest BCUT2D eigenvalue weighted by Crippen LogP contribution is 2.41. The number of methoxy groups -OCH3 is 1. The Bertz CT molecular complexity index is 754. The molecule has 4 heteroatoms. The van der Waals surface area contributed by atoms with Crippen molar-refractivity contribution >= 4 is 17.3 Å². The summed E-state index contributed by atoms with van der Waals surface area (Å²) in [4.78, 5) is 12.9. The Morgan fingerprint density at radius 3 is 2.00 bits per heavy atom. The fourth-order valence-electron chi connectivity index (χ4n) is 2.67. The average Bonchev–Trinajstić information content (AvgIpc) is 2.98. The van der Waals surface area contributed by atoms with Gasteiger partial charge in [0.1, 0.15) is 11.3 Å². The van der Waals surface area contributed by atoms with E-state index in [2.05, 4.69) is 0 Å². The molecule has 0 atom stereocenters. The van der Waals surface area contributed by atoms with Crippen molar-refractivity contribution in [3.8, 4) is 5.75 Å². The Morgan fingerprint density at radius 1 is 1.00 bits per heavy atom. The molecule has 0 aliphatic heterocycles. The predicted molar refractivity (Wildman–Crippen MR) is 91.2 cm³/mol. The van der Waals surface area contributed by atoms with E-state index in [-0.39, 0.29) is 17.2 Å². The van der Waals surface area contributed by atoms with Crippen molar-refractivity contribution in [2.45, 2.75) is 5.92 Å². The zero-order valence-electron chi connectivity index (χ0n) is 12.6. The SMILES string of the molecule is COC(=O)c1c(O)csc1C(c1ccccc1)c1ccccc1. The van der Waals surface area contributed by atoms with E-state index in [0.717, 1.165) is 16.0 Å². The number of carbonyl (C=O) groups is 1. The molecule has 3 aromatic rings. The van der Waals surface area contributed by atoms with Crippen LogP contribution in [0.1, 0.15) is 32.3 Å². The zero-order chi connectivity index (χ0) is 16.2. The highest BCUT2D eigenvalue weighted by Gasteiger charge is 2.27. The summed E-state index contributed by atoms with van der Waals surface area (Å²) < 4.78 is 4.85. The van der Waals surface area contributed by atoms with Crippen LogP contribution in [0, 0.1) is 0 Å². The van der Waals surface area contributed by atoms with Gasteiger partial charge in [-0.05, 0) is 11.1 Å². The number of aromatic hydroxyl groups is 1. The molecule has 0 saturated heterocycles. The van der Waals surface area contributed by atoms with Gasteiger partial charge in [0.25, 0.3) is 0 Å². The lowest BCUT2D eigenvalue weighted by atomic mass is 9.88. The summed E-state index contributed by atoms with van der Waals surface area (Å²) in [6, 6.07) is 19.9. The number of thiophene rings is 1. The molecule has 0 bridgehead atoms. The first-order valence-corrected chi connectivity index (χ1v) is 8.09. The van der Waals surface area contributed by atoms with E-state index in [1.807, 2.05) is 60.7 Å². The van der Waals surface area contributed by atoms with Crippen molar-refractivity contribution < 1.29 is 14.6 Å². The van der Waals surface area contributed by atoms with Crippen molar-refractivity contribution in [2.75, 3.05) is 7.11 Å². The second-order valence-corrected chi connectivity index (χ2v) is 6.02. The third-order valence-corrected chi connectivity index (χ3v) is 4.75. The van der Waals surface area contributed by atoms with E-state index in [4.69, 9.17) is 4.74 Å². The lowest BCUT2D eigenvalue weighted by molar-refractivity contribution is 0.0597. The highest BCUT2D eigenvalue weighted by atomic mass is 32.1. The van der Waals surface area contributed by atoms with Crippen molar-refractivity contribution in [2.24, 2.45) is 0 Å². The van der Waals surface area contributed by atoms with Gasteiger partial charge in [0, 0.05) is 16.2 Å². The van der Waals surface area contributed by atoms with Gasteiger partial charge in [-0.2, -0.15) is 0 Å². The average molecular weight is 324 g/mol. The molecule has 0 unspecified atom stereocenters. The van der Waals surface area contributed by atoms with Crippen molar-refractivity contribution in [3.63, 3.8) is 0 Å². The van der Waals surface area contributed by atoms with Crippen LogP contribution in [0.25, 0.3) is 0 Å². The van der Waals surface area contributed by atoms with Crippen LogP contribution >= 0.6 is 11.3 Å². The zero-order valence-corrected chi connectivity index (χ0v) is 13.4. The van der Waals surface area contributed by atoms with Crippen LogP contribution in [0.15, 0.2) is 66.0 Å². The summed E-state index contributed by atoms with van der Waals surface area (Å²) in [5.41, 5.74) is 2.37. The van der Waals surface area contributed by atoms with Crippen molar-refractivity contribution in [1.29, 1.82) is 0 Å². The van der Waals surface area contributed by atoms with E-state index < -0.39 is 5.97 Å². The molecule has 23 heavy (non-hydrogen) atoms. The van der Waals surface area contributed by atoms with E-state index in [0.29, 0.717) is 0 Å². The number of carbonyl (C=O) groups excluding carboxylic acids is 1. The van der Waals surface area contributed by atoms with E-state index in [9.17, 15) is 9.90 Å². The van der Waals surface area contributed by atoms with Crippen LogP contribution < -0.4 is 0 Å². The molecule has 0 aliphatic carbocycles. The van der Waals surface area contributed by atoms with Crippen molar-refractivity contribution in [1.82, 2.24) is 0 Å². The molecular formula is C19H16O3S. The minimum absolute atomic E-state index is 0.0336. The van der Waals surface area contributed by atoms with Crippen LogP contribution in [0.2, 0.25) is 0 Å². The topological polar surface area (TPSA) is 46.5 Å². The molecule has 0 amide bonds. The third kappa shape index (κ3) is 2.98. The number of benzene rings is 2. The lowest BCUT2D eigenvalue weighted by Crippen LogP contribution is -2.09. The quantitative estimate of drug-likeness (QED) is 0.723. The molecule has 0 aliphatic rings. The lowest BCUT2D eigenvalue weighted by Gasteiger charge is -2.18. The Morgan fingerprint density at radius 2 is 1.52 bits per heavy atom. The number of rotatable bonds is 4. The molecule has 0 radical (unpaired) electrons. The van der Waals surface area contributed by atoms with Crippen LogP contribution in [-0.4, -0.2) is 18.2 Å². The first-order valence-electron chi connectivity index (χ1n) is 7.21. The van der Waals surface area contributed by atoms with E-state index >= 15 is 0 Å². The fourth-order valence-corrected chi connectivity index (χ4v) is 3.74. The Kier molecular flexibility index (Phi) is 4.44. The number of hydrogen-bond donors (Lipinski definition) is 1. The molecule has 3 rings (SSSR count). The molecule has 1 heterocycles. The highest BCUT2D eigenvalue weighted by molar-refractivity contribution is 7.10. The standard InChI is InChI=1S/C19H16O3S/c1-22-19(21)17-15(20)12-23-18(17)16(13-8-4-2-5-9-13)14-10-6-3-7-11-14/h2-12,16,20H,1H3. The second-order valence-electron chi connectivity index (χ2n) is 5.11. The van der Waals surface area contributed by atoms with Crippen LogP contribution in [-0.2, 0) is 4.74 Å². The summed E-state index contributed by atoms with van der Waals surface area (Å²) in [7, 11) is 1.32. The Balaban J connectivity index is 2.20. The molecule has 2 aromatic carbocycles. The van der Waals surface area contributed by atoms with Gasteiger partial charge in [-0.3, -0.25) is 0 Å². The maximum absolute atomic E-state index is 12.1. The largest absolute Gasteiger partial charge is 0.506 e. The number of ether oxygens (including phenoxy) is 1. The third-order valence-electron chi connectivity index (χ3n) is 3.72. The Hall–Kier alpha value is -2.59. The van der Waals surface area contributed by atoms with Gasteiger partial charge in [-0.1, -0.05) is 60.7 Å². The molecule has 1 N–H and O–H groups in total. The van der Waals surface area contributed by atoms with E-state index in [1.165, 1.54) is 18.4 Å². The van der Waals surface area contributed by atoms with E-state index in [1.54, 1.807) is 5.38 Å². The molecule has 116 valence electrons. The molecule has 0 fully saturated rings. The summed E-state index contributed by atoms with van der Waals surface area (Å²) in [5, 5.41) is 11.7. The van der Waals surface area contributed by atoms with Crippen LogP contribution in [0.5, 0.6) is 5.75 Å². The van der Waals surface area contributed by atoms with Gasteiger partial charge in [-0.15, -0.1) is 11.3 Å². The maximum atomic E-state index is 12.1. The Labute approximate surface area is 138 Å². The van der Waals surface area contributed by atoms with Gasteiger partial charge >= 0.3 is 5.97 Å². The minimum atomic E-state index is -0.518. The summed E-state index contributed by atoms with van der Waals surface area (Å²) >= 11 is 1.37. The van der Waals surface area contributed by atoms with Gasteiger partial charge < -0.3 is 9.84 Å². The molecule has 1 aromatic heterocycles. The van der Waals surface area contributed by atoms with Gasteiger partial charge in [-0.25, -0.2) is 4.79 Å². The monoisotopic (exact) mass is 324 g/mol. The normalized spacial score (nSPS) is 10.7.